The van der Waals surface area contributed by atoms with Crippen LogP contribution in [-0.2, 0) is 0 Å². The van der Waals surface area contributed by atoms with Gasteiger partial charge in [-0.3, -0.25) is 0 Å². The monoisotopic (exact) mass is 303 g/mol. The molecule has 0 bridgehead atoms. The van der Waals surface area contributed by atoms with Crippen molar-refractivity contribution in [2.45, 2.75) is 35.2 Å². The zero-order valence-electron chi connectivity index (χ0n) is 7.18. The van der Waals surface area contributed by atoms with Crippen LogP contribution < -0.4 is 21.2 Å². The Morgan fingerprint density at radius 2 is 2.27 bits per heavy atom. The second-order valence-corrected chi connectivity index (χ2v) is 10.3. The molecular weight excluding hydrogens is 287 g/mol. The molecule has 0 amide bonds. The first-order valence-electron chi connectivity index (χ1n) is 4.14. The van der Waals surface area contributed by atoms with Crippen LogP contribution in [0.25, 0.3) is 0 Å². The standard InChI is InChI=1S/C8H16IS2/c1-3-8-4-5-9-7(2)10-6-11-8/h7-8H,3-6H2,1-2H3/q-1. The Hall–Kier alpha value is 1.43. The first kappa shape index (κ1) is 10.5. The summed E-state index contributed by atoms with van der Waals surface area (Å²) in [4.78, 5) is 0. The molecular formula is C8H16IS2-. The molecule has 0 N–H and O–H groups in total. The van der Waals surface area contributed by atoms with Gasteiger partial charge in [0.25, 0.3) is 0 Å². The Morgan fingerprint density at radius 3 is 3.00 bits per heavy atom. The van der Waals surface area contributed by atoms with E-state index in [0.29, 0.717) is 21.2 Å². The summed E-state index contributed by atoms with van der Waals surface area (Å²) in [6, 6.07) is 0. The van der Waals surface area contributed by atoms with Crippen molar-refractivity contribution in [3.63, 3.8) is 0 Å². The Kier molecular flexibility index (Phi) is 5.71. The topological polar surface area (TPSA) is 0 Å². The summed E-state index contributed by atoms with van der Waals surface area (Å²) in [7, 11) is 0. The van der Waals surface area contributed by atoms with Crippen LogP contribution in [0.5, 0.6) is 0 Å². The van der Waals surface area contributed by atoms with Crippen molar-refractivity contribution in [1.29, 1.82) is 0 Å². The molecule has 1 heterocycles. The van der Waals surface area contributed by atoms with Crippen molar-refractivity contribution in [3.8, 4) is 0 Å². The molecule has 0 aromatic carbocycles. The summed E-state index contributed by atoms with van der Waals surface area (Å²) in [5.74, 6) is 0. The van der Waals surface area contributed by atoms with Crippen molar-refractivity contribution >= 4 is 23.5 Å². The van der Waals surface area contributed by atoms with Gasteiger partial charge >= 0.3 is 89.4 Å². The predicted octanol–water partition coefficient (Wildman–Crippen LogP) is 0.0276. The number of rotatable bonds is 1. The van der Waals surface area contributed by atoms with Crippen molar-refractivity contribution in [2.75, 3.05) is 9.51 Å². The maximum atomic E-state index is 2.41. The third-order valence-corrected chi connectivity index (χ3v) is 8.81. The van der Waals surface area contributed by atoms with E-state index < -0.39 is 0 Å². The number of hydrogen-bond donors (Lipinski definition) is 0. The van der Waals surface area contributed by atoms with Crippen LogP contribution in [0.2, 0.25) is 0 Å². The van der Waals surface area contributed by atoms with Crippen LogP contribution in [0.3, 0.4) is 0 Å². The number of halogens is 1. The van der Waals surface area contributed by atoms with E-state index >= 15 is 0 Å². The van der Waals surface area contributed by atoms with Crippen LogP contribution >= 0.6 is 23.5 Å². The van der Waals surface area contributed by atoms with Gasteiger partial charge in [0.15, 0.2) is 0 Å². The third-order valence-electron chi connectivity index (χ3n) is 1.81. The molecule has 3 heteroatoms. The summed E-state index contributed by atoms with van der Waals surface area (Å²) < 4.78 is 2.57. The fourth-order valence-electron chi connectivity index (χ4n) is 1.02. The van der Waals surface area contributed by atoms with Gasteiger partial charge in [0.1, 0.15) is 0 Å². The zero-order chi connectivity index (χ0) is 8.10. The Balaban J connectivity index is 2.22. The van der Waals surface area contributed by atoms with Crippen LogP contribution in [0.4, 0.5) is 0 Å². The third kappa shape index (κ3) is 4.27. The van der Waals surface area contributed by atoms with Crippen molar-refractivity contribution in [2.24, 2.45) is 0 Å². The van der Waals surface area contributed by atoms with Crippen LogP contribution in [0, 0.1) is 0 Å². The van der Waals surface area contributed by atoms with E-state index in [4.69, 9.17) is 0 Å². The molecule has 0 aliphatic carbocycles. The van der Waals surface area contributed by atoms with Gasteiger partial charge in [-0.1, -0.05) is 0 Å². The predicted molar refractivity (Wildman–Crippen MR) is 53.1 cm³/mol. The maximum absolute atomic E-state index is 2.41. The summed E-state index contributed by atoms with van der Waals surface area (Å²) in [6.07, 6.45) is 2.88. The summed E-state index contributed by atoms with van der Waals surface area (Å²) in [5, 5.41) is 2.33. The number of hydrogen-bond acceptors (Lipinski definition) is 2. The van der Waals surface area contributed by atoms with Gasteiger partial charge < -0.3 is 0 Å². The normalized spacial score (nSPS) is 35.1. The SMILES string of the molecule is CCC1CC[I-]C(C)SCS1. The van der Waals surface area contributed by atoms with E-state index in [2.05, 4.69) is 37.4 Å². The molecule has 1 aliphatic rings. The average Bonchev–Trinajstić information content (AvgIpc) is 1.96. The Morgan fingerprint density at radius 1 is 1.45 bits per heavy atom. The summed E-state index contributed by atoms with van der Waals surface area (Å²) in [6.45, 7) is 4.73. The Labute approximate surface area is 88.9 Å². The summed E-state index contributed by atoms with van der Waals surface area (Å²) >= 11 is 4.89. The van der Waals surface area contributed by atoms with Gasteiger partial charge in [-0.25, -0.2) is 0 Å². The van der Waals surface area contributed by atoms with Gasteiger partial charge in [-0.2, -0.15) is 0 Å². The van der Waals surface area contributed by atoms with E-state index in [9.17, 15) is 0 Å². The average molecular weight is 303 g/mol. The molecule has 1 aliphatic heterocycles. The first-order valence-corrected chi connectivity index (χ1v) is 9.00. The van der Waals surface area contributed by atoms with Gasteiger partial charge in [0, 0.05) is 0 Å². The van der Waals surface area contributed by atoms with Crippen molar-refractivity contribution < 1.29 is 21.2 Å². The molecule has 1 rings (SSSR count). The number of thioether (sulfide) groups is 2. The van der Waals surface area contributed by atoms with E-state index in [1.54, 1.807) is 4.43 Å². The molecule has 0 aromatic heterocycles. The van der Waals surface area contributed by atoms with E-state index in [0.717, 1.165) is 8.51 Å². The van der Waals surface area contributed by atoms with Crippen molar-refractivity contribution in [3.05, 3.63) is 0 Å². The molecule has 11 heavy (non-hydrogen) atoms. The second-order valence-electron chi connectivity index (χ2n) is 2.66. The van der Waals surface area contributed by atoms with E-state index in [1.165, 1.54) is 17.9 Å². The molecule has 68 valence electrons. The first-order chi connectivity index (χ1) is 5.33. The second kappa shape index (κ2) is 5.97. The van der Waals surface area contributed by atoms with Gasteiger partial charge in [0.2, 0.25) is 0 Å². The van der Waals surface area contributed by atoms with Crippen LogP contribution in [-0.4, -0.2) is 18.0 Å². The van der Waals surface area contributed by atoms with Crippen LogP contribution in [0.15, 0.2) is 0 Å². The Bertz CT molecular complexity index is 98.3. The van der Waals surface area contributed by atoms with Gasteiger partial charge in [0.05, 0.1) is 0 Å². The molecule has 1 fully saturated rings. The molecule has 0 nitrogen and oxygen atoms in total. The molecule has 0 saturated carbocycles. The van der Waals surface area contributed by atoms with E-state index in [1.807, 2.05) is 0 Å². The quantitative estimate of drug-likeness (QED) is 0.495. The van der Waals surface area contributed by atoms with Crippen molar-refractivity contribution in [1.82, 2.24) is 0 Å². The minimum absolute atomic E-state index is 0.523. The van der Waals surface area contributed by atoms with Gasteiger partial charge in [-0.05, 0) is 0 Å². The minimum atomic E-state index is 0.523. The number of alkyl halides is 2. The molecule has 0 spiro atoms. The zero-order valence-corrected chi connectivity index (χ0v) is 11.0. The fourth-order valence-corrected chi connectivity index (χ4v) is 8.55. The molecule has 0 aromatic rings. The fraction of sp³-hybridized carbons (Fsp3) is 1.00. The van der Waals surface area contributed by atoms with Gasteiger partial charge in [-0.15, -0.1) is 0 Å². The molecule has 1 saturated heterocycles. The summed E-state index contributed by atoms with van der Waals surface area (Å²) in [5.41, 5.74) is 0. The van der Waals surface area contributed by atoms with E-state index in [-0.39, 0.29) is 0 Å². The molecule has 2 atom stereocenters. The molecule has 0 radical (unpaired) electrons. The molecule has 2 unspecified atom stereocenters. The van der Waals surface area contributed by atoms with Crippen LogP contribution in [0.1, 0.15) is 26.7 Å².